The van der Waals surface area contributed by atoms with Crippen LogP contribution in [0.5, 0.6) is 5.75 Å². The summed E-state index contributed by atoms with van der Waals surface area (Å²) in [6, 6.07) is 4.79. The average molecular weight is 399 g/mol. The summed E-state index contributed by atoms with van der Waals surface area (Å²) in [7, 11) is 0. The molecule has 0 radical (unpaired) electrons. The number of hydrogen-bond acceptors (Lipinski definition) is 7. The Morgan fingerprint density at radius 1 is 1.24 bits per heavy atom. The van der Waals surface area contributed by atoms with E-state index in [0.717, 1.165) is 18.7 Å². The van der Waals surface area contributed by atoms with E-state index < -0.39 is 5.82 Å². The number of halogens is 1. The van der Waals surface area contributed by atoms with Crippen molar-refractivity contribution in [2.24, 2.45) is 0 Å². The minimum Gasteiger partial charge on any atom is -0.484 e. The molecule has 2 atom stereocenters. The van der Waals surface area contributed by atoms with Crippen molar-refractivity contribution in [3.8, 4) is 5.75 Å². The molecule has 1 saturated carbocycles. The van der Waals surface area contributed by atoms with E-state index in [1.165, 1.54) is 18.5 Å². The predicted octanol–water partition coefficient (Wildman–Crippen LogP) is 3.16. The van der Waals surface area contributed by atoms with Gasteiger partial charge in [-0.3, -0.25) is 5.41 Å². The van der Waals surface area contributed by atoms with Crippen molar-refractivity contribution < 1.29 is 13.9 Å². The lowest BCUT2D eigenvalue weighted by molar-refractivity contribution is 0.0752. The van der Waals surface area contributed by atoms with Crippen molar-refractivity contribution in [3.63, 3.8) is 0 Å². The molecule has 1 aliphatic heterocycles. The molecule has 154 valence electrons. The second-order valence-electron chi connectivity index (χ2n) is 8.20. The summed E-state index contributed by atoms with van der Waals surface area (Å²) in [5, 5.41) is 8.65. The SMILES string of the molecule is C[C@@H]1COC[C@@H](C)N1c1cc(C(=N)c2cc(OC3(C)CC3)c(F)cc2N)ncn1. The van der Waals surface area contributed by atoms with Gasteiger partial charge in [0.25, 0.3) is 0 Å². The van der Waals surface area contributed by atoms with Crippen LogP contribution in [-0.2, 0) is 4.74 Å². The average Bonchev–Trinajstić information content (AvgIpc) is 3.40. The number of ether oxygens (including phenoxy) is 2. The third-order valence-corrected chi connectivity index (χ3v) is 5.53. The number of aromatic nitrogens is 2. The third kappa shape index (κ3) is 3.89. The first-order chi connectivity index (χ1) is 13.8. The van der Waals surface area contributed by atoms with Gasteiger partial charge in [-0.25, -0.2) is 14.4 Å². The zero-order valence-electron chi connectivity index (χ0n) is 16.9. The monoisotopic (exact) mass is 399 g/mol. The van der Waals surface area contributed by atoms with Crippen LogP contribution in [0.1, 0.15) is 44.9 Å². The number of rotatable bonds is 5. The summed E-state index contributed by atoms with van der Waals surface area (Å²) in [6.45, 7) is 7.32. The lowest BCUT2D eigenvalue weighted by Gasteiger charge is -2.39. The Morgan fingerprint density at radius 2 is 1.93 bits per heavy atom. The van der Waals surface area contributed by atoms with Crippen molar-refractivity contribution in [1.82, 2.24) is 9.97 Å². The minimum absolute atomic E-state index is 0.102. The number of morpholine rings is 1. The Hall–Kier alpha value is -2.74. The van der Waals surface area contributed by atoms with Gasteiger partial charge in [-0.05, 0) is 39.7 Å². The smallest absolute Gasteiger partial charge is 0.167 e. The fourth-order valence-corrected chi connectivity index (χ4v) is 3.63. The summed E-state index contributed by atoms with van der Waals surface area (Å²) >= 11 is 0. The molecule has 1 saturated heterocycles. The van der Waals surface area contributed by atoms with E-state index in [0.29, 0.717) is 24.5 Å². The van der Waals surface area contributed by atoms with Crippen molar-refractivity contribution in [1.29, 1.82) is 5.41 Å². The maximum atomic E-state index is 14.3. The first-order valence-electron chi connectivity index (χ1n) is 9.83. The summed E-state index contributed by atoms with van der Waals surface area (Å²) in [5.41, 5.74) is 6.78. The van der Waals surface area contributed by atoms with Crippen LogP contribution in [0.3, 0.4) is 0 Å². The molecule has 0 bridgehead atoms. The molecular weight excluding hydrogens is 373 g/mol. The minimum atomic E-state index is -0.522. The van der Waals surface area contributed by atoms with Crippen LogP contribution >= 0.6 is 0 Å². The highest BCUT2D eigenvalue weighted by atomic mass is 19.1. The quantitative estimate of drug-likeness (QED) is 0.592. The molecule has 0 unspecified atom stereocenters. The summed E-state index contributed by atoms with van der Waals surface area (Å²) in [6.07, 6.45) is 3.21. The molecule has 1 aromatic carbocycles. The molecule has 7 nitrogen and oxygen atoms in total. The number of nitrogens with two attached hydrogens (primary N) is 1. The molecule has 1 aliphatic carbocycles. The zero-order chi connectivity index (χ0) is 20.8. The van der Waals surface area contributed by atoms with Crippen LogP contribution in [0.15, 0.2) is 24.5 Å². The van der Waals surface area contributed by atoms with E-state index >= 15 is 0 Å². The highest BCUT2D eigenvalue weighted by molar-refractivity contribution is 6.13. The number of nitrogens with zero attached hydrogens (tertiary/aromatic N) is 3. The molecule has 0 amide bonds. The number of hydrogen-bond donors (Lipinski definition) is 2. The third-order valence-electron chi connectivity index (χ3n) is 5.53. The highest BCUT2D eigenvalue weighted by Crippen LogP contribution is 2.41. The van der Waals surface area contributed by atoms with E-state index in [1.54, 1.807) is 6.07 Å². The highest BCUT2D eigenvalue weighted by Gasteiger charge is 2.40. The summed E-state index contributed by atoms with van der Waals surface area (Å²) < 4.78 is 25.7. The Balaban J connectivity index is 1.65. The van der Waals surface area contributed by atoms with Crippen molar-refractivity contribution in [2.45, 2.75) is 51.3 Å². The Kier molecular flexibility index (Phi) is 4.90. The lowest BCUT2D eigenvalue weighted by atomic mass is 10.0. The van der Waals surface area contributed by atoms with E-state index in [1.807, 2.05) is 6.92 Å². The number of nitrogens with one attached hydrogen (secondary N) is 1. The van der Waals surface area contributed by atoms with E-state index in [9.17, 15) is 4.39 Å². The normalized spacial score (nSPS) is 23.0. The molecule has 0 spiro atoms. The number of anilines is 2. The first-order valence-corrected chi connectivity index (χ1v) is 9.83. The molecule has 2 aliphatic rings. The van der Waals surface area contributed by atoms with Gasteiger partial charge in [0.15, 0.2) is 11.6 Å². The molecule has 4 rings (SSSR count). The second kappa shape index (κ2) is 7.26. The maximum absolute atomic E-state index is 14.3. The molecule has 2 fully saturated rings. The van der Waals surface area contributed by atoms with Crippen molar-refractivity contribution in [2.75, 3.05) is 23.8 Å². The second-order valence-corrected chi connectivity index (χ2v) is 8.20. The maximum Gasteiger partial charge on any atom is 0.167 e. The fraction of sp³-hybridized carbons (Fsp3) is 0.476. The van der Waals surface area contributed by atoms with Gasteiger partial charge >= 0.3 is 0 Å². The van der Waals surface area contributed by atoms with Gasteiger partial charge in [0, 0.05) is 23.4 Å². The van der Waals surface area contributed by atoms with Gasteiger partial charge in [-0.2, -0.15) is 0 Å². The van der Waals surface area contributed by atoms with Gasteiger partial charge < -0.3 is 20.1 Å². The van der Waals surface area contributed by atoms with Gasteiger partial charge in [-0.1, -0.05) is 0 Å². The lowest BCUT2D eigenvalue weighted by Crippen LogP contribution is -2.50. The van der Waals surface area contributed by atoms with Gasteiger partial charge in [-0.15, -0.1) is 0 Å². The van der Waals surface area contributed by atoms with Crippen LogP contribution in [0.2, 0.25) is 0 Å². The van der Waals surface area contributed by atoms with Gasteiger partial charge in [0.2, 0.25) is 0 Å². The topological polar surface area (TPSA) is 97.3 Å². The van der Waals surface area contributed by atoms with Crippen LogP contribution in [0.4, 0.5) is 15.9 Å². The Labute approximate surface area is 169 Å². The standard InChI is InChI=1S/C21H26FN5O2/c1-12-9-28-10-13(2)27(12)19-8-17(25-11-26-19)20(24)14-6-18(15(22)7-16(14)23)29-21(3)4-5-21/h6-8,11-13,24H,4-5,9-10,23H2,1-3H3/t12-,13-/m1/s1. The van der Waals surface area contributed by atoms with Crippen molar-refractivity contribution >= 4 is 17.2 Å². The van der Waals surface area contributed by atoms with Crippen LogP contribution in [0.25, 0.3) is 0 Å². The molecule has 2 heterocycles. The van der Waals surface area contributed by atoms with E-state index in [-0.39, 0.29) is 34.8 Å². The first kappa shape index (κ1) is 19.6. The van der Waals surface area contributed by atoms with Crippen LogP contribution < -0.4 is 15.4 Å². The molecule has 3 N–H and O–H groups in total. The van der Waals surface area contributed by atoms with E-state index in [4.69, 9.17) is 20.6 Å². The Morgan fingerprint density at radius 3 is 2.59 bits per heavy atom. The van der Waals surface area contributed by atoms with Crippen LogP contribution in [0, 0.1) is 11.2 Å². The zero-order valence-corrected chi connectivity index (χ0v) is 16.9. The van der Waals surface area contributed by atoms with Crippen molar-refractivity contribution in [3.05, 3.63) is 41.6 Å². The molecule has 8 heteroatoms. The summed E-state index contributed by atoms with van der Waals surface area (Å²) in [4.78, 5) is 10.8. The van der Waals surface area contributed by atoms with Crippen LogP contribution in [-0.4, -0.2) is 46.6 Å². The predicted molar refractivity (Wildman–Crippen MR) is 109 cm³/mol. The summed E-state index contributed by atoms with van der Waals surface area (Å²) in [5.74, 6) is 0.320. The Bertz CT molecular complexity index is 937. The largest absolute Gasteiger partial charge is 0.484 e. The molecular formula is C21H26FN5O2. The fourth-order valence-electron chi connectivity index (χ4n) is 3.63. The van der Waals surface area contributed by atoms with E-state index in [2.05, 4.69) is 28.7 Å². The number of nitrogen functional groups attached to an aromatic ring is 1. The van der Waals surface area contributed by atoms with Gasteiger partial charge in [0.1, 0.15) is 17.7 Å². The molecule has 2 aromatic rings. The number of benzene rings is 1. The van der Waals surface area contributed by atoms with Gasteiger partial charge in [0.05, 0.1) is 36.7 Å². The molecule has 1 aromatic heterocycles. The molecule has 29 heavy (non-hydrogen) atoms.